The van der Waals surface area contributed by atoms with Crippen molar-refractivity contribution < 1.29 is 19.6 Å². The molecule has 0 bridgehead atoms. The van der Waals surface area contributed by atoms with Crippen LogP contribution in [0.2, 0.25) is 0 Å². The van der Waals surface area contributed by atoms with Crippen molar-refractivity contribution >= 4 is 17.8 Å². The molecule has 0 fully saturated rings. The van der Waals surface area contributed by atoms with Crippen molar-refractivity contribution in [3.63, 3.8) is 0 Å². The molecule has 0 saturated heterocycles. The van der Waals surface area contributed by atoms with E-state index in [9.17, 15) is 20.0 Å². The number of nitro benzene ring substituents is 1. The van der Waals surface area contributed by atoms with E-state index in [1.54, 1.807) is 6.07 Å². The van der Waals surface area contributed by atoms with Gasteiger partial charge in [-0.2, -0.15) is 5.10 Å². The SMILES string of the molecule is CC(C)(C)c1ccccc1OCC(=O)N/N=C\c1cccc([N+](=O)[O-])c1[O-]. The Morgan fingerprint density at radius 2 is 1.93 bits per heavy atom. The van der Waals surface area contributed by atoms with Gasteiger partial charge < -0.3 is 9.84 Å². The molecule has 1 N–H and O–H groups in total. The van der Waals surface area contributed by atoms with Gasteiger partial charge in [0.05, 0.1) is 11.1 Å². The second kappa shape index (κ2) is 8.31. The maximum atomic E-state index is 11.9. The summed E-state index contributed by atoms with van der Waals surface area (Å²) in [6, 6.07) is 11.3. The fourth-order valence-electron chi connectivity index (χ4n) is 2.35. The first-order valence-corrected chi connectivity index (χ1v) is 8.19. The van der Waals surface area contributed by atoms with E-state index < -0.39 is 22.3 Å². The first kappa shape index (κ1) is 19.9. The number of nitrogens with one attached hydrogen (secondary N) is 1. The van der Waals surface area contributed by atoms with Crippen molar-refractivity contribution in [2.45, 2.75) is 26.2 Å². The van der Waals surface area contributed by atoms with Crippen molar-refractivity contribution in [3.05, 3.63) is 63.7 Å². The summed E-state index contributed by atoms with van der Waals surface area (Å²) in [6.45, 7) is 5.86. The van der Waals surface area contributed by atoms with Crippen LogP contribution in [-0.4, -0.2) is 23.7 Å². The number of nitrogens with zero attached hydrogens (tertiary/aromatic N) is 2. The third kappa shape index (κ3) is 5.27. The molecule has 0 aliphatic carbocycles. The Bertz CT molecular complexity index is 872. The number of hydrazone groups is 1. The molecule has 0 aliphatic rings. The molecule has 0 unspecified atom stereocenters. The third-order valence-electron chi connectivity index (χ3n) is 3.67. The normalized spacial score (nSPS) is 11.4. The van der Waals surface area contributed by atoms with E-state index in [1.165, 1.54) is 12.1 Å². The Morgan fingerprint density at radius 3 is 2.59 bits per heavy atom. The van der Waals surface area contributed by atoms with Crippen LogP contribution in [0.4, 0.5) is 5.69 Å². The van der Waals surface area contributed by atoms with Crippen LogP contribution >= 0.6 is 0 Å². The third-order valence-corrected chi connectivity index (χ3v) is 3.67. The number of benzene rings is 2. The molecule has 2 aromatic rings. The van der Waals surface area contributed by atoms with Crippen LogP contribution in [0.25, 0.3) is 0 Å². The molecule has 0 aromatic heterocycles. The summed E-state index contributed by atoms with van der Waals surface area (Å²) in [5, 5.41) is 26.3. The van der Waals surface area contributed by atoms with Gasteiger partial charge in [-0.15, -0.1) is 0 Å². The Kier molecular flexibility index (Phi) is 6.12. The van der Waals surface area contributed by atoms with Crippen LogP contribution < -0.4 is 15.3 Å². The van der Waals surface area contributed by atoms with E-state index in [4.69, 9.17) is 4.74 Å². The van der Waals surface area contributed by atoms with E-state index >= 15 is 0 Å². The van der Waals surface area contributed by atoms with Gasteiger partial charge in [0, 0.05) is 6.07 Å². The summed E-state index contributed by atoms with van der Waals surface area (Å²) in [6.07, 6.45) is 1.07. The fraction of sp³-hybridized carbons (Fsp3) is 0.263. The molecule has 0 spiro atoms. The zero-order valence-corrected chi connectivity index (χ0v) is 15.3. The predicted molar refractivity (Wildman–Crippen MR) is 98.9 cm³/mol. The van der Waals surface area contributed by atoms with E-state index in [0.29, 0.717) is 5.75 Å². The monoisotopic (exact) mass is 370 g/mol. The van der Waals surface area contributed by atoms with Gasteiger partial charge >= 0.3 is 0 Å². The summed E-state index contributed by atoms with van der Waals surface area (Å²) >= 11 is 0. The van der Waals surface area contributed by atoms with Crippen molar-refractivity contribution in [3.8, 4) is 11.5 Å². The number of rotatable bonds is 6. The van der Waals surface area contributed by atoms with E-state index in [-0.39, 0.29) is 17.6 Å². The lowest BCUT2D eigenvalue weighted by molar-refractivity contribution is -0.398. The number of nitro groups is 1. The van der Waals surface area contributed by atoms with Crippen LogP contribution in [0.3, 0.4) is 0 Å². The highest BCUT2D eigenvalue weighted by molar-refractivity contribution is 5.86. The molecule has 1 amide bonds. The summed E-state index contributed by atoms with van der Waals surface area (Å²) in [7, 11) is 0. The quantitative estimate of drug-likeness (QED) is 0.476. The van der Waals surface area contributed by atoms with Gasteiger partial charge in [0.1, 0.15) is 5.75 Å². The minimum Gasteiger partial charge on any atom is -0.867 e. The van der Waals surface area contributed by atoms with Crippen LogP contribution in [0, 0.1) is 10.1 Å². The van der Waals surface area contributed by atoms with Crippen LogP contribution in [0.15, 0.2) is 47.6 Å². The number of hydrogen-bond acceptors (Lipinski definition) is 6. The fourth-order valence-corrected chi connectivity index (χ4v) is 2.35. The van der Waals surface area contributed by atoms with Crippen LogP contribution in [-0.2, 0) is 10.2 Å². The first-order valence-electron chi connectivity index (χ1n) is 8.19. The van der Waals surface area contributed by atoms with Gasteiger partial charge in [-0.1, -0.05) is 51.1 Å². The van der Waals surface area contributed by atoms with Crippen LogP contribution in [0.1, 0.15) is 31.9 Å². The minimum absolute atomic E-state index is 0.00324. The largest absolute Gasteiger partial charge is 0.867 e. The lowest BCUT2D eigenvalue weighted by Gasteiger charge is -2.22. The average molecular weight is 370 g/mol. The number of ether oxygens (including phenoxy) is 1. The summed E-state index contributed by atoms with van der Waals surface area (Å²) < 4.78 is 5.57. The van der Waals surface area contributed by atoms with Crippen LogP contribution in [0.5, 0.6) is 11.5 Å². The molecule has 0 heterocycles. The standard InChI is InChI=1S/C19H21N3O5/c1-19(2,3)14-8-4-5-10-16(14)27-12-17(23)21-20-11-13-7-6-9-15(18(13)24)22(25)26/h4-11,24H,12H2,1-3H3,(H,21,23)/p-1/b20-11-. The van der Waals surface area contributed by atoms with Gasteiger partial charge in [-0.25, -0.2) is 5.43 Å². The molecule has 0 radical (unpaired) electrons. The second-order valence-electron chi connectivity index (χ2n) is 6.78. The Morgan fingerprint density at radius 1 is 1.22 bits per heavy atom. The molecule has 0 saturated carbocycles. The Balaban J connectivity index is 1.97. The molecular formula is C19H20N3O5-. The smallest absolute Gasteiger partial charge is 0.277 e. The number of para-hydroxylation sites is 2. The van der Waals surface area contributed by atoms with E-state index in [1.807, 2.05) is 39.0 Å². The molecule has 0 atom stereocenters. The van der Waals surface area contributed by atoms with Crippen molar-refractivity contribution in [1.29, 1.82) is 0 Å². The number of amides is 1. The Hall–Kier alpha value is -3.42. The van der Waals surface area contributed by atoms with Gasteiger partial charge in [-0.3, -0.25) is 14.9 Å². The highest BCUT2D eigenvalue weighted by atomic mass is 16.6. The van der Waals surface area contributed by atoms with Gasteiger partial charge in [-0.05, 0) is 28.4 Å². The molecule has 8 heteroatoms. The topological polar surface area (TPSA) is 117 Å². The lowest BCUT2D eigenvalue weighted by atomic mass is 9.86. The maximum Gasteiger partial charge on any atom is 0.277 e. The van der Waals surface area contributed by atoms with Gasteiger partial charge in [0.25, 0.3) is 11.6 Å². The van der Waals surface area contributed by atoms with Crippen molar-refractivity contribution in [1.82, 2.24) is 5.43 Å². The highest BCUT2D eigenvalue weighted by Gasteiger charge is 2.18. The Labute approximate surface area is 156 Å². The lowest BCUT2D eigenvalue weighted by Crippen LogP contribution is -2.25. The number of carbonyl (C=O) groups is 1. The second-order valence-corrected chi connectivity index (χ2v) is 6.78. The van der Waals surface area contributed by atoms with Gasteiger partial charge in [0.15, 0.2) is 6.61 Å². The zero-order valence-electron chi connectivity index (χ0n) is 15.3. The molecular weight excluding hydrogens is 350 g/mol. The average Bonchev–Trinajstić information content (AvgIpc) is 2.60. The summed E-state index contributed by atoms with van der Waals surface area (Å²) in [5.74, 6) is -0.687. The van der Waals surface area contributed by atoms with E-state index in [2.05, 4.69) is 10.5 Å². The molecule has 8 nitrogen and oxygen atoms in total. The summed E-state index contributed by atoms with van der Waals surface area (Å²) in [5.41, 5.74) is 2.51. The van der Waals surface area contributed by atoms with Crippen molar-refractivity contribution in [2.24, 2.45) is 5.10 Å². The minimum atomic E-state index is -0.768. The molecule has 0 aliphatic heterocycles. The highest BCUT2D eigenvalue weighted by Crippen LogP contribution is 2.30. The van der Waals surface area contributed by atoms with Crippen molar-refractivity contribution in [2.75, 3.05) is 6.61 Å². The zero-order chi connectivity index (χ0) is 20.0. The molecule has 2 rings (SSSR count). The molecule has 142 valence electrons. The predicted octanol–water partition coefficient (Wildman–Crippen LogP) is 2.50. The molecule has 2 aromatic carbocycles. The first-order chi connectivity index (χ1) is 12.7. The van der Waals surface area contributed by atoms with E-state index in [0.717, 1.165) is 17.8 Å². The summed E-state index contributed by atoms with van der Waals surface area (Å²) in [4.78, 5) is 21.9. The number of carbonyl (C=O) groups excluding carboxylic acids is 1. The molecule has 27 heavy (non-hydrogen) atoms. The maximum absolute atomic E-state index is 11.9. The number of hydrogen-bond donors (Lipinski definition) is 1. The van der Waals surface area contributed by atoms with Gasteiger partial charge in [0.2, 0.25) is 0 Å².